The van der Waals surface area contributed by atoms with Gasteiger partial charge in [0.2, 0.25) is 0 Å². The molecule has 0 spiro atoms. The molecule has 0 unspecified atom stereocenters. The predicted octanol–water partition coefficient (Wildman–Crippen LogP) is 16.4. The molecular weight excluding hydrogens is 689 g/mol. The summed E-state index contributed by atoms with van der Waals surface area (Å²) < 4.78 is 0. The monoisotopic (exact) mass is 763 g/mol. The molecule has 304 valence electrons. The van der Waals surface area contributed by atoms with E-state index in [0.29, 0.717) is 0 Å². The molecule has 0 saturated heterocycles. The molecule has 0 radical (unpaired) electrons. The van der Waals surface area contributed by atoms with Crippen molar-refractivity contribution in [3.8, 4) is 22.3 Å². The minimum Gasteiger partial charge on any atom is -0.375 e. The number of hydrogen-bond donors (Lipinski definition) is 0. The van der Waals surface area contributed by atoms with Crippen molar-refractivity contribution in [2.45, 2.75) is 109 Å². The number of rotatable bonds is 7. The highest BCUT2D eigenvalue weighted by molar-refractivity contribution is 5.92. The molecule has 0 fully saturated rings. The van der Waals surface area contributed by atoms with Crippen LogP contribution >= 0.6 is 0 Å². The zero-order valence-corrected chi connectivity index (χ0v) is 38.3. The van der Waals surface area contributed by atoms with E-state index in [0.717, 1.165) is 19.5 Å². The Balaban J connectivity index is 0.000000859. The van der Waals surface area contributed by atoms with Crippen LogP contribution in [0, 0.1) is 0 Å². The lowest BCUT2D eigenvalue weighted by molar-refractivity contribution is 0.767. The fraction of sp³-hybridized carbons (Fsp3) is 0.345. The van der Waals surface area contributed by atoms with Gasteiger partial charge in [0.05, 0.1) is 5.41 Å². The summed E-state index contributed by atoms with van der Waals surface area (Å²) in [5, 5.41) is 0. The second kappa shape index (κ2) is 24.5. The van der Waals surface area contributed by atoms with E-state index >= 15 is 0 Å². The maximum Gasteiger partial charge on any atom is 0.0715 e. The normalized spacial score (nSPS) is 11.3. The van der Waals surface area contributed by atoms with Gasteiger partial charge in [0.15, 0.2) is 0 Å². The number of fused-ring (bicyclic) bond motifs is 6. The van der Waals surface area contributed by atoms with Gasteiger partial charge in [-0.15, -0.1) is 0 Å². The Labute approximate surface area is 349 Å². The lowest BCUT2D eigenvalue weighted by atomic mass is 9.67. The number of hydrogen-bond acceptors (Lipinski definition) is 2. The maximum atomic E-state index is 2.52. The third kappa shape index (κ3) is 9.39. The number of nitrogens with zero attached hydrogens (tertiary/aromatic N) is 2. The first-order chi connectivity index (χ1) is 28.1. The standard InChI is InChI=1S/C43H38N2.6C2H6/c1-4-44(3)34-23-25-37-38-26-24-35(45(5-2)41-22-14-16-31-27-30-15-12-13-21-36(30)42(31)41)29-40(38)43(39(37)28-34,32-17-8-6-9-18-32)33-19-10-7-11-20-33;6*1-2/h6-26,28-29H,4-5,27H2,1-3H3;6*1-2H3. The van der Waals surface area contributed by atoms with Crippen LogP contribution in [0.3, 0.4) is 0 Å². The third-order valence-electron chi connectivity index (χ3n) is 10.1. The summed E-state index contributed by atoms with van der Waals surface area (Å²) >= 11 is 0. The smallest absolute Gasteiger partial charge is 0.0715 e. The summed E-state index contributed by atoms with van der Waals surface area (Å²) in [6, 6.07) is 52.3. The Morgan fingerprint density at radius 3 is 1.40 bits per heavy atom. The SMILES string of the molecule is CC.CC.CC.CC.CC.CC.CCN(C)c1ccc2c(c1)C(c1ccccc1)(c1ccccc1)c1cc(N(CC)c3cccc4c3-c3ccccc3C4)ccc1-2. The van der Waals surface area contributed by atoms with Gasteiger partial charge in [0.25, 0.3) is 0 Å². The lowest BCUT2D eigenvalue weighted by Crippen LogP contribution is -2.29. The minimum absolute atomic E-state index is 0.446. The highest BCUT2D eigenvalue weighted by Crippen LogP contribution is 2.58. The Morgan fingerprint density at radius 2 is 0.895 bits per heavy atom. The molecule has 0 atom stereocenters. The fourth-order valence-corrected chi connectivity index (χ4v) is 7.94. The topological polar surface area (TPSA) is 6.48 Å². The van der Waals surface area contributed by atoms with Crippen LogP contribution in [0.25, 0.3) is 22.3 Å². The van der Waals surface area contributed by atoms with Crippen LogP contribution in [-0.4, -0.2) is 20.1 Å². The van der Waals surface area contributed by atoms with Gasteiger partial charge in [-0.3, -0.25) is 0 Å². The third-order valence-corrected chi connectivity index (χ3v) is 10.1. The Hall–Kier alpha value is -5.08. The van der Waals surface area contributed by atoms with E-state index < -0.39 is 5.41 Å². The van der Waals surface area contributed by atoms with E-state index in [4.69, 9.17) is 0 Å². The van der Waals surface area contributed by atoms with Gasteiger partial charge in [0.1, 0.15) is 0 Å². The Morgan fingerprint density at radius 1 is 0.439 bits per heavy atom. The quantitative estimate of drug-likeness (QED) is 0.160. The van der Waals surface area contributed by atoms with Gasteiger partial charge in [-0.2, -0.15) is 0 Å². The van der Waals surface area contributed by atoms with E-state index in [1.165, 1.54) is 72.7 Å². The average molecular weight is 763 g/mol. The van der Waals surface area contributed by atoms with Gasteiger partial charge in [-0.05, 0) is 101 Å². The molecule has 0 aliphatic heterocycles. The number of benzene rings is 6. The van der Waals surface area contributed by atoms with Crippen molar-refractivity contribution in [2.24, 2.45) is 0 Å². The van der Waals surface area contributed by atoms with Crippen LogP contribution in [0.1, 0.15) is 130 Å². The Kier molecular flexibility index (Phi) is 20.7. The van der Waals surface area contributed by atoms with Crippen molar-refractivity contribution < 1.29 is 0 Å². The maximum absolute atomic E-state index is 2.52. The van der Waals surface area contributed by atoms with E-state index in [1.54, 1.807) is 0 Å². The highest BCUT2D eigenvalue weighted by Gasteiger charge is 2.46. The molecule has 0 aromatic heterocycles. The zero-order valence-electron chi connectivity index (χ0n) is 38.3. The van der Waals surface area contributed by atoms with Crippen LogP contribution < -0.4 is 9.80 Å². The van der Waals surface area contributed by atoms with Crippen molar-refractivity contribution in [2.75, 3.05) is 29.9 Å². The molecule has 0 bridgehead atoms. The molecule has 2 nitrogen and oxygen atoms in total. The highest BCUT2D eigenvalue weighted by atomic mass is 15.1. The fourth-order valence-electron chi connectivity index (χ4n) is 7.94. The zero-order chi connectivity index (χ0) is 42.5. The molecule has 0 saturated carbocycles. The molecule has 57 heavy (non-hydrogen) atoms. The molecule has 0 amide bonds. The summed E-state index contributed by atoms with van der Waals surface area (Å²) in [4.78, 5) is 4.85. The molecule has 0 N–H and O–H groups in total. The molecule has 2 aliphatic rings. The molecule has 6 aromatic rings. The van der Waals surface area contributed by atoms with Crippen molar-refractivity contribution in [3.63, 3.8) is 0 Å². The summed E-state index contributed by atoms with van der Waals surface area (Å²) in [7, 11) is 2.18. The van der Waals surface area contributed by atoms with Crippen molar-refractivity contribution >= 4 is 17.1 Å². The van der Waals surface area contributed by atoms with Gasteiger partial charge >= 0.3 is 0 Å². The molecular formula is C55H74N2. The van der Waals surface area contributed by atoms with Crippen LogP contribution in [-0.2, 0) is 11.8 Å². The van der Waals surface area contributed by atoms with Crippen molar-refractivity contribution in [1.29, 1.82) is 0 Å². The second-order valence-electron chi connectivity index (χ2n) is 12.3. The first-order valence-corrected chi connectivity index (χ1v) is 22.2. The average Bonchev–Trinajstić information content (AvgIpc) is 3.85. The largest absolute Gasteiger partial charge is 0.375 e. The van der Waals surface area contributed by atoms with Gasteiger partial charge < -0.3 is 9.80 Å². The summed E-state index contributed by atoms with van der Waals surface area (Å²) in [6.45, 7) is 30.3. The summed E-state index contributed by atoms with van der Waals surface area (Å²) in [5.41, 5.74) is 16.8. The van der Waals surface area contributed by atoms with Crippen molar-refractivity contribution in [1.82, 2.24) is 0 Å². The van der Waals surface area contributed by atoms with Crippen LogP contribution in [0.5, 0.6) is 0 Å². The van der Waals surface area contributed by atoms with Gasteiger partial charge in [-0.1, -0.05) is 192 Å². The molecule has 2 aliphatic carbocycles. The predicted molar refractivity (Wildman–Crippen MR) is 258 cm³/mol. The summed E-state index contributed by atoms with van der Waals surface area (Å²) in [5.74, 6) is 0. The molecule has 2 heteroatoms. The van der Waals surface area contributed by atoms with E-state index in [2.05, 4.69) is 170 Å². The van der Waals surface area contributed by atoms with Crippen molar-refractivity contribution in [3.05, 3.63) is 173 Å². The van der Waals surface area contributed by atoms with E-state index in [1.807, 2.05) is 83.1 Å². The lowest BCUT2D eigenvalue weighted by Gasteiger charge is -2.35. The Bertz CT molecular complexity index is 1990. The molecule has 8 rings (SSSR count). The van der Waals surface area contributed by atoms with E-state index in [9.17, 15) is 0 Å². The van der Waals surface area contributed by atoms with Crippen LogP contribution in [0.15, 0.2) is 140 Å². The van der Waals surface area contributed by atoms with Gasteiger partial charge in [-0.25, -0.2) is 0 Å². The van der Waals surface area contributed by atoms with E-state index in [-0.39, 0.29) is 0 Å². The first-order valence-electron chi connectivity index (χ1n) is 22.2. The first kappa shape index (κ1) is 48.1. The van der Waals surface area contributed by atoms with Gasteiger partial charge in [0, 0.05) is 42.8 Å². The second-order valence-corrected chi connectivity index (χ2v) is 12.3. The summed E-state index contributed by atoms with van der Waals surface area (Å²) in [6.07, 6.45) is 0.996. The van der Waals surface area contributed by atoms with Crippen LogP contribution in [0.2, 0.25) is 0 Å². The van der Waals surface area contributed by atoms with Crippen LogP contribution in [0.4, 0.5) is 17.1 Å². The number of anilines is 3. The minimum atomic E-state index is -0.446. The molecule has 6 aromatic carbocycles. The molecule has 0 heterocycles.